The number of piperidine rings is 1. The number of aryl methyl sites for hydroxylation is 1. The van der Waals surface area contributed by atoms with E-state index in [1.54, 1.807) is 41.9 Å². The molecular weight excluding hydrogens is 354 g/mol. The number of fused-ring (bicyclic) bond motifs is 1. The van der Waals surface area contributed by atoms with Crippen molar-refractivity contribution in [2.45, 2.75) is 43.2 Å². The van der Waals surface area contributed by atoms with Crippen LogP contribution in [-0.2, 0) is 27.8 Å². The third kappa shape index (κ3) is 3.01. The summed E-state index contributed by atoms with van der Waals surface area (Å²) in [5.74, 6) is 1.32. The average molecular weight is 375 g/mol. The summed E-state index contributed by atoms with van der Waals surface area (Å²) >= 11 is 0. The fraction of sp³-hybridized carbons (Fsp3) is 0.471. The Hall–Kier alpha value is -2.26. The van der Waals surface area contributed by atoms with E-state index in [1.165, 1.54) is 4.31 Å². The van der Waals surface area contributed by atoms with Crippen molar-refractivity contribution < 1.29 is 13.2 Å². The van der Waals surface area contributed by atoms with Gasteiger partial charge >= 0.3 is 0 Å². The molecular formula is C17H21N5O3S. The first-order valence-corrected chi connectivity index (χ1v) is 10.1. The van der Waals surface area contributed by atoms with Gasteiger partial charge in [-0.25, -0.2) is 18.1 Å². The molecule has 1 amide bonds. The van der Waals surface area contributed by atoms with Crippen LogP contribution in [0.15, 0.2) is 35.2 Å². The Balaban J connectivity index is 1.55. The maximum atomic E-state index is 12.8. The zero-order chi connectivity index (χ0) is 18.4. The van der Waals surface area contributed by atoms with Crippen LogP contribution in [0, 0.1) is 6.92 Å². The van der Waals surface area contributed by atoms with Crippen LogP contribution >= 0.6 is 0 Å². The minimum atomic E-state index is -3.51. The number of carbonyl (C=O) groups is 1. The molecule has 0 atom stereocenters. The van der Waals surface area contributed by atoms with Gasteiger partial charge in [0.05, 0.1) is 4.90 Å². The van der Waals surface area contributed by atoms with E-state index in [-0.39, 0.29) is 12.5 Å². The van der Waals surface area contributed by atoms with Crippen LogP contribution in [0.2, 0.25) is 0 Å². The molecule has 1 spiro atoms. The van der Waals surface area contributed by atoms with E-state index in [1.807, 2.05) is 0 Å². The Kier molecular flexibility index (Phi) is 4.07. The van der Waals surface area contributed by atoms with Crippen molar-refractivity contribution in [2.24, 2.45) is 0 Å². The van der Waals surface area contributed by atoms with Crippen molar-refractivity contribution in [3.8, 4) is 0 Å². The fourth-order valence-electron chi connectivity index (χ4n) is 3.77. The van der Waals surface area contributed by atoms with Gasteiger partial charge in [0.15, 0.2) is 0 Å². The van der Waals surface area contributed by atoms with Crippen LogP contribution < -0.4 is 5.32 Å². The molecule has 0 unspecified atom stereocenters. The first kappa shape index (κ1) is 17.2. The highest BCUT2D eigenvalue weighted by atomic mass is 32.2. The number of nitrogens with zero attached hydrogens (tertiary/aromatic N) is 4. The van der Waals surface area contributed by atoms with E-state index < -0.39 is 15.6 Å². The molecule has 2 aromatic rings. The Morgan fingerprint density at radius 2 is 1.85 bits per heavy atom. The van der Waals surface area contributed by atoms with Gasteiger partial charge in [-0.05, 0) is 31.9 Å². The van der Waals surface area contributed by atoms with Crippen LogP contribution in [0.1, 0.15) is 24.5 Å². The molecule has 0 radical (unpaired) electrons. The molecule has 9 heteroatoms. The molecule has 26 heavy (non-hydrogen) atoms. The molecule has 138 valence electrons. The second-order valence-corrected chi connectivity index (χ2v) is 8.89. The number of aromatic nitrogens is 3. The van der Waals surface area contributed by atoms with Crippen molar-refractivity contribution in [2.75, 3.05) is 13.1 Å². The normalized spacial score (nSPS) is 20.4. The Bertz CT molecular complexity index is 931. The molecule has 1 aromatic heterocycles. The van der Waals surface area contributed by atoms with Crippen molar-refractivity contribution >= 4 is 15.9 Å². The van der Waals surface area contributed by atoms with Crippen LogP contribution in [0.3, 0.4) is 0 Å². The first-order valence-electron chi connectivity index (χ1n) is 8.65. The molecule has 2 aliphatic heterocycles. The third-order valence-electron chi connectivity index (χ3n) is 5.11. The second kappa shape index (κ2) is 6.17. The van der Waals surface area contributed by atoms with Crippen molar-refractivity contribution in [3.63, 3.8) is 0 Å². The molecule has 0 aliphatic carbocycles. The standard InChI is InChI=1S/C17H21N5O3S/c1-13-18-15-11-17(19-16(23)12-22(15)20-13)7-9-21(10-8-17)26(24,25)14-5-3-2-4-6-14/h2-6H,7-12H2,1H3,(H,19,23). The van der Waals surface area contributed by atoms with Crippen molar-refractivity contribution in [3.05, 3.63) is 42.0 Å². The maximum Gasteiger partial charge on any atom is 0.243 e. The number of hydrogen-bond donors (Lipinski definition) is 1. The lowest BCUT2D eigenvalue weighted by Gasteiger charge is -2.40. The van der Waals surface area contributed by atoms with Crippen LogP contribution in [0.5, 0.6) is 0 Å². The van der Waals surface area contributed by atoms with E-state index in [2.05, 4.69) is 15.4 Å². The van der Waals surface area contributed by atoms with Crippen molar-refractivity contribution in [1.82, 2.24) is 24.4 Å². The van der Waals surface area contributed by atoms with E-state index in [9.17, 15) is 13.2 Å². The van der Waals surface area contributed by atoms with E-state index in [0.29, 0.717) is 43.1 Å². The maximum absolute atomic E-state index is 12.8. The molecule has 0 saturated carbocycles. The van der Waals surface area contributed by atoms with Gasteiger partial charge in [0, 0.05) is 25.0 Å². The number of carbonyl (C=O) groups excluding carboxylic acids is 1. The highest BCUT2D eigenvalue weighted by Crippen LogP contribution is 2.30. The molecule has 4 rings (SSSR count). The summed E-state index contributed by atoms with van der Waals surface area (Å²) in [6.07, 6.45) is 1.67. The van der Waals surface area contributed by atoms with Gasteiger partial charge in [0.2, 0.25) is 15.9 Å². The molecule has 2 aliphatic rings. The van der Waals surface area contributed by atoms with Gasteiger partial charge in [0.1, 0.15) is 18.2 Å². The summed E-state index contributed by atoms with van der Waals surface area (Å²) in [7, 11) is -3.51. The minimum Gasteiger partial charge on any atom is -0.349 e. The zero-order valence-corrected chi connectivity index (χ0v) is 15.4. The molecule has 1 N–H and O–H groups in total. The first-order chi connectivity index (χ1) is 12.4. The van der Waals surface area contributed by atoms with E-state index in [0.717, 1.165) is 5.82 Å². The number of rotatable bonds is 2. The van der Waals surface area contributed by atoms with Gasteiger partial charge in [0.25, 0.3) is 0 Å². The fourth-order valence-corrected chi connectivity index (χ4v) is 5.24. The number of nitrogens with one attached hydrogen (secondary N) is 1. The molecule has 1 saturated heterocycles. The summed E-state index contributed by atoms with van der Waals surface area (Å²) in [4.78, 5) is 17.0. The summed E-state index contributed by atoms with van der Waals surface area (Å²) in [5, 5.41) is 7.37. The summed E-state index contributed by atoms with van der Waals surface area (Å²) in [6, 6.07) is 8.46. The molecule has 0 bridgehead atoms. The lowest BCUT2D eigenvalue weighted by Crippen LogP contribution is -2.56. The smallest absolute Gasteiger partial charge is 0.243 e. The number of benzene rings is 1. The summed E-state index contributed by atoms with van der Waals surface area (Å²) in [5.41, 5.74) is -0.465. The average Bonchev–Trinajstić information content (AvgIpc) is 2.88. The monoisotopic (exact) mass is 375 g/mol. The largest absolute Gasteiger partial charge is 0.349 e. The second-order valence-electron chi connectivity index (χ2n) is 6.96. The Morgan fingerprint density at radius 3 is 2.54 bits per heavy atom. The van der Waals surface area contributed by atoms with Gasteiger partial charge in [-0.3, -0.25) is 4.79 Å². The predicted octanol–water partition coefficient (Wildman–Crippen LogP) is 0.482. The summed E-state index contributed by atoms with van der Waals surface area (Å²) in [6.45, 7) is 2.69. The lowest BCUT2D eigenvalue weighted by molar-refractivity contribution is -0.123. The Labute approximate surface area is 152 Å². The van der Waals surface area contributed by atoms with Gasteiger partial charge < -0.3 is 5.32 Å². The molecule has 1 aromatic carbocycles. The molecule has 1 fully saturated rings. The zero-order valence-electron chi connectivity index (χ0n) is 14.6. The quantitative estimate of drug-likeness (QED) is 0.824. The van der Waals surface area contributed by atoms with Crippen LogP contribution in [-0.4, -0.2) is 52.0 Å². The topological polar surface area (TPSA) is 97.2 Å². The molecule has 8 nitrogen and oxygen atoms in total. The van der Waals surface area contributed by atoms with Crippen LogP contribution in [0.4, 0.5) is 0 Å². The Morgan fingerprint density at radius 1 is 1.15 bits per heavy atom. The third-order valence-corrected chi connectivity index (χ3v) is 7.02. The van der Waals surface area contributed by atoms with Gasteiger partial charge in [-0.15, -0.1) is 0 Å². The number of sulfonamides is 1. The minimum absolute atomic E-state index is 0.104. The van der Waals surface area contributed by atoms with Gasteiger partial charge in [-0.1, -0.05) is 18.2 Å². The number of amides is 1. The summed E-state index contributed by atoms with van der Waals surface area (Å²) < 4.78 is 28.8. The highest BCUT2D eigenvalue weighted by Gasteiger charge is 2.42. The van der Waals surface area contributed by atoms with Gasteiger partial charge in [-0.2, -0.15) is 9.40 Å². The SMILES string of the molecule is Cc1nc2n(n1)CC(=O)NC1(CCN(S(=O)(=O)c3ccccc3)CC1)C2. The van der Waals surface area contributed by atoms with Crippen molar-refractivity contribution in [1.29, 1.82) is 0 Å². The van der Waals surface area contributed by atoms with Crippen LogP contribution in [0.25, 0.3) is 0 Å². The molecule has 3 heterocycles. The number of hydrogen-bond acceptors (Lipinski definition) is 5. The highest BCUT2D eigenvalue weighted by molar-refractivity contribution is 7.89. The van der Waals surface area contributed by atoms with E-state index in [4.69, 9.17) is 0 Å². The lowest BCUT2D eigenvalue weighted by atomic mass is 9.85. The predicted molar refractivity (Wildman–Crippen MR) is 93.8 cm³/mol. The van der Waals surface area contributed by atoms with E-state index >= 15 is 0 Å².